The largest absolute Gasteiger partial charge is 0.311 e. The highest BCUT2D eigenvalue weighted by Crippen LogP contribution is 2.18. The Hall–Kier alpha value is -2.26. The number of nitrogens with zero attached hydrogens (tertiary/aromatic N) is 2. The lowest BCUT2D eigenvalue weighted by Crippen LogP contribution is -2.20. The van der Waals surface area contributed by atoms with Gasteiger partial charge in [0.05, 0.1) is 17.3 Å². The Kier molecular flexibility index (Phi) is 3.93. The van der Waals surface area contributed by atoms with E-state index >= 15 is 0 Å². The number of benzene rings is 1. The molecule has 3 heteroatoms. The molecule has 1 atom stereocenters. The Morgan fingerprint density at radius 2 is 1.81 bits per heavy atom. The molecular weight excluding hydrogens is 258 g/mol. The van der Waals surface area contributed by atoms with Gasteiger partial charge in [0.15, 0.2) is 0 Å². The Labute approximate surface area is 125 Å². The zero-order chi connectivity index (χ0) is 14.7. The van der Waals surface area contributed by atoms with Gasteiger partial charge in [-0.3, -0.25) is 9.97 Å². The SMILES string of the molecule is CNC(Cc1ccc2ccccc2n1)c1cccc(C)n1. The van der Waals surface area contributed by atoms with E-state index in [1.807, 2.05) is 32.2 Å². The second kappa shape index (κ2) is 6.02. The number of aromatic nitrogens is 2. The first-order chi connectivity index (χ1) is 10.3. The van der Waals surface area contributed by atoms with Gasteiger partial charge in [0.1, 0.15) is 0 Å². The first-order valence-electron chi connectivity index (χ1n) is 7.22. The third-order valence-electron chi connectivity index (χ3n) is 3.68. The number of para-hydroxylation sites is 1. The Morgan fingerprint density at radius 3 is 2.62 bits per heavy atom. The molecule has 0 fully saturated rings. The van der Waals surface area contributed by atoms with Crippen molar-refractivity contribution >= 4 is 10.9 Å². The summed E-state index contributed by atoms with van der Waals surface area (Å²) in [6.07, 6.45) is 0.831. The molecule has 0 aliphatic carbocycles. The summed E-state index contributed by atoms with van der Waals surface area (Å²) in [7, 11) is 1.97. The highest BCUT2D eigenvalue weighted by atomic mass is 14.9. The minimum absolute atomic E-state index is 0.179. The minimum atomic E-state index is 0.179. The zero-order valence-electron chi connectivity index (χ0n) is 12.4. The molecule has 3 aromatic rings. The molecule has 2 aromatic heterocycles. The molecule has 0 radical (unpaired) electrons. The van der Waals surface area contributed by atoms with E-state index in [4.69, 9.17) is 4.98 Å². The van der Waals surface area contributed by atoms with E-state index in [-0.39, 0.29) is 6.04 Å². The predicted molar refractivity (Wildman–Crippen MR) is 86.2 cm³/mol. The third kappa shape index (κ3) is 3.09. The lowest BCUT2D eigenvalue weighted by atomic mass is 10.1. The molecule has 1 aromatic carbocycles. The maximum Gasteiger partial charge on any atom is 0.0705 e. The van der Waals surface area contributed by atoms with Gasteiger partial charge in [0.25, 0.3) is 0 Å². The van der Waals surface area contributed by atoms with Gasteiger partial charge < -0.3 is 5.32 Å². The van der Waals surface area contributed by atoms with Crippen molar-refractivity contribution in [2.24, 2.45) is 0 Å². The van der Waals surface area contributed by atoms with Crippen LogP contribution in [0.2, 0.25) is 0 Å². The van der Waals surface area contributed by atoms with Crippen LogP contribution in [0, 0.1) is 6.92 Å². The summed E-state index contributed by atoms with van der Waals surface area (Å²) in [6.45, 7) is 2.02. The summed E-state index contributed by atoms with van der Waals surface area (Å²) in [5.41, 5.74) is 4.23. The summed E-state index contributed by atoms with van der Waals surface area (Å²) in [6, 6.07) is 18.8. The summed E-state index contributed by atoms with van der Waals surface area (Å²) in [5.74, 6) is 0. The highest BCUT2D eigenvalue weighted by molar-refractivity contribution is 5.78. The normalized spacial score (nSPS) is 12.5. The van der Waals surface area contributed by atoms with E-state index in [1.165, 1.54) is 5.39 Å². The van der Waals surface area contributed by atoms with Crippen LogP contribution in [0.15, 0.2) is 54.6 Å². The van der Waals surface area contributed by atoms with E-state index in [9.17, 15) is 0 Å². The number of hydrogen-bond donors (Lipinski definition) is 1. The summed E-state index contributed by atoms with van der Waals surface area (Å²) in [5, 5.41) is 4.52. The summed E-state index contributed by atoms with van der Waals surface area (Å²) < 4.78 is 0. The van der Waals surface area contributed by atoms with Crippen molar-refractivity contribution < 1.29 is 0 Å². The number of pyridine rings is 2. The molecule has 3 rings (SSSR count). The number of hydrogen-bond acceptors (Lipinski definition) is 3. The predicted octanol–water partition coefficient (Wildman–Crippen LogP) is 3.44. The molecule has 0 aliphatic heterocycles. The molecule has 1 unspecified atom stereocenters. The van der Waals surface area contributed by atoms with Crippen molar-refractivity contribution in [2.75, 3.05) is 7.05 Å². The molecule has 106 valence electrons. The van der Waals surface area contributed by atoms with Crippen molar-refractivity contribution in [1.82, 2.24) is 15.3 Å². The standard InChI is InChI=1S/C18H19N3/c1-13-6-5-9-17(20-13)18(19-2)12-15-11-10-14-7-3-4-8-16(14)21-15/h3-11,18-19H,12H2,1-2H3. The van der Waals surface area contributed by atoms with Crippen LogP contribution < -0.4 is 5.32 Å². The lowest BCUT2D eigenvalue weighted by molar-refractivity contribution is 0.568. The van der Waals surface area contributed by atoms with Crippen molar-refractivity contribution in [1.29, 1.82) is 0 Å². The van der Waals surface area contributed by atoms with Gasteiger partial charge >= 0.3 is 0 Å². The quantitative estimate of drug-likeness (QED) is 0.794. The molecule has 3 nitrogen and oxygen atoms in total. The van der Waals surface area contributed by atoms with Crippen LogP contribution in [0.3, 0.4) is 0 Å². The van der Waals surface area contributed by atoms with Crippen LogP contribution in [-0.2, 0) is 6.42 Å². The first kappa shape index (κ1) is 13.7. The van der Waals surface area contributed by atoms with Crippen molar-refractivity contribution in [3.05, 3.63) is 71.7 Å². The third-order valence-corrected chi connectivity index (χ3v) is 3.68. The molecule has 0 saturated heterocycles. The van der Waals surface area contributed by atoms with Crippen molar-refractivity contribution in [2.45, 2.75) is 19.4 Å². The average molecular weight is 277 g/mol. The minimum Gasteiger partial charge on any atom is -0.311 e. The summed E-state index contributed by atoms with van der Waals surface area (Å²) in [4.78, 5) is 9.36. The monoisotopic (exact) mass is 277 g/mol. The molecule has 0 amide bonds. The molecule has 1 N–H and O–H groups in total. The topological polar surface area (TPSA) is 37.8 Å². The van der Waals surface area contributed by atoms with Crippen molar-refractivity contribution in [3.63, 3.8) is 0 Å². The van der Waals surface area contributed by atoms with Crippen LogP contribution in [0.4, 0.5) is 0 Å². The molecule has 2 heterocycles. The average Bonchev–Trinajstić information content (AvgIpc) is 2.52. The Morgan fingerprint density at radius 1 is 0.952 bits per heavy atom. The van der Waals surface area contributed by atoms with E-state index < -0.39 is 0 Å². The van der Waals surface area contributed by atoms with Crippen LogP contribution in [-0.4, -0.2) is 17.0 Å². The second-order valence-corrected chi connectivity index (χ2v) is 5.24. The second-order valence-electron chi connectivity index (χ2n) is 5.24. The van der Waals surface area contributed by atoms with E-state index in [0.29, 0.717) is 0 Å². The molecule has 21 heavy (non-hydrogen) atoms. The number of fused-ring (bicyclic) bond motifs is 1. The molecule has 0 bridgehead atoms. The van der Waals surface area contributed by atoms with Crippen LogP contribution in [0.5, 0.6) is 0 Å². The maximum absolute atomic E-state index is 4.74. The fraction of sp³-hybridized carbons (Fsp3) is 0.222. The van der Waals surface area contributed by atoms with Gasteiger partial charge in [-0.05, 0) is 38.2 Å². The smallest absolute Gasteiger partial charge is 0.0705 e. The molecule has 0 spiro atoms. The van der Waals surface area contributed by atoms with Gasteiger partial charge in [-0.1, -0.05) is 30.3 Å². The highest BCUT2D eigenvalue weighted by Gasteiger charge is 2.12. The van der Waals surface area contributed by atoms with Crippen molar-refractivity contribution in [3.8, 4) is 0 Å². The Balaban J connectivity index is 1.88. The lowest BCUT2D eigenvalue weighted by Gasteiger charge is -2.16. The maximum atomic E-state index is 4.74. The molecule has 0 saturated carbocycles. The van der Waals surface area contributed by atoms with E-state index in [2.05, 4.69) is 46.7 Å². The van der Waals surface area contributed by atoms with Gasteiger partial charge in [-0.2, -0.15) is 0 Å². The fourth-order valence-corrected chi connectivity index (χ4v) is 2.54. The van der Waals surface area contributed by atoms with Gasteiger partial charge in [-0.25, -0.2) is 0 Å². The van der Waals surface area contributed by atoms with Crippen LogP contribution in [0.25, 0.3) is 10.9 Å². The number of rotatable bonds is 4. The summed E-state index contributed by atoms with van der Waals surface area (Å²) >= 11 is 0. The van der Waals surface area contributed by atoms with Gasteiger partial charge in [0, 0.05) is 23.2 Å². The number of likely N-dealkylation sites (N-methyl/N-ethyl adjacent to an activating group) is 1. The van der Waals surface area contributed by atoms with Gasteiger partial charge in [0.2, 0.25) is 0 Å². The zero-order valence-corrected chi connectivity index (χ0v) is 12.4. The van der Waals surface area contributed by atoms with E-state index in [0.717, 1.165) is 29.0 Å². The van der Waals surface area contributed by atoms with Crippen LogP contribution in [0.1, 0.15) is 23.1 Å². The van der Waals surface area contributed by atoms with Crippen LogP contribution >= 0.6 is 0 Å². The Bertz CT molecular complexity index is 752. The van der Waals surface area contributed by atoms with E-state index in [1.54, 1.807) is 0 Å². The molecular formula is C18H19N3. The number of nitrogens with one attached hydrogen (secondary N) is 1. The fourth-order valence-electron chi connectivity index (χ4n) is 2.54. The number of aryl methyl sites for hydroxylation is 1. The first-order valence-corrected chi connectivity index (χ1v) is 7.22. The molecule has 0 aliphatic rings. The van der Waals surface area contributed by atoms with Gasteiger partial charge in [-0.15, -0.1) is 0 Å².